The van der Waals surface area contributed by atoms with E-state index in [1.807, 2.05) is 109 Å². The number of rotatable bonds is 3. The smallest absolute Gasteiger partial charge is 0.255 e. The number of hydrogen-bond donors (Lipinski definition) is 0. The molecule has 51 heavy (non-hydrogen) atoms. The number of aromatic nitrogens is 6. The van der Waals surface area contributed by atoms with Crippen LogP contribution in [0, 0.1) is 0 Å². The van der Waals surface area contributed by atoms with Crippen molar-refractivity contribution in [3.63, 3.8) is 0 Å². The predicted octanol–water partition coefficient (Wildman–Crippen LogP) is 13.2. The van der Waals surface area contributed by atoms with Gasteiger partial charge in [0.05, 0.1) is 34.2 Å². The van der Waals surface area contributed by atoms with Crippen molar-refractivity contribution < 1.29 is 67.4 Å². The molecule has 0 saturated heterocycles. The second kappa shape index (κ2) is 16.6. The molecule has 21 heteroatoms. The van der Waals surface area contributed by atoms with Gasteiger partial charge in [-0.1, -0.05) is 36.4 Å². The number of hydrogen-bond acceptors (Lipinski definition) is 6. The minimum absolute atomic E-state index is 0. The molecular weight excluding hydrogens is 798 g/mol. The molecule has 6 aromatic rings. The summed E-state index contributed by atoms with van der Waals surface area (Å²) in [6, 6.07) is 34.8. The monoisotopic (exact) mass is 821 g/mol. The van der Waals surface area contributed by atoms with Crippen LogP contribution in [0.5, 0.6) is 0 Å². The Morgan fingerprint density at radius 3 is 0.451 bits per heavy atom. The average Bonchev–Trinajstić information content (AvgIpc) is 3.05. The van der Waals surface area contributed by atoms with E-state index in [1.54, 1.807) is 37.2 Å². The van der Waals surface area contributed by atoms with E-state index in [0.717, 1.165) is 34.2 Å². The van der Waals surface area contributed by atoms with Crippen molar-refractivity contribution in [3.8, 4) is 34.2 Å². The molecule has 6 heterocycles. The molecule has 0 aliphatic carbocycles. The van der Waals surface area contributed by atoms with Crippen LogP contribution in [0.4, 0.5) is 50.4 Å². The molecule has 0 spiro atoms. The molecule has 6 rings (SSSR count). The van der Waals surface area contributed by atoms with E-state index >= 15 is 0 Å². The summed E-state index contributed by atoms with van der Waals surface area (Å²) in [6.45, 7) is 0. The fourth-order valence-corrected chi connectivity index (χ4v) is 3.09. The van der Waals surface area contributed by atoms with E-state index < -0.39 is 15.6 Å². The van der Waals surface area contributed by atoms with Crippen LogP contribution < -0.4 is 0 Å². The molecule has 0 aromatic carbocycles. The first-order valence-corrected chi connectivity index (χ1v) is 17.5. The Bertz CT molecular complexity index is 1510. The zero-order valence-corrected chi connectivity index (χ0v) is 28.0. The van der Waals surface area contributed by atoms with E-state index in [2.05, 4.69) is 29.9 Å². The normalized spacial score (nSPS) is 13.2. The van der Waals surface area contributed by atoms with Gasteiger partial charge in [-0.25, -0.2) is 0 Å². The van der Waals surface area contributed by atoms with Crippen LogP contribution in [0.1, 0.15) is 0 Å². The molecule has 0 fully saturated rings. The maximum atomic E-state index is 9.87. The van der Waals surface area contributed by atoms with Gasteiger partial charge in [-0.05, 0) is 72.8 Å². The van der Waals surface area contributed by atoms with Crippen LogP contribution in [0.25, 0.3) is 34.2 Å². The van der Waals surface area contributed by atoms with E-state index in [-0.39, 0.29) is 17.1 Å². The zero-order valence-electron chi connectivity index (χ0n) is 25.3. The third-order valence-corrected chi connectivity index (χ3v) is 4.78. The fourth-order valence-electron chi connectivity index (χ4n) is 3.09. The standard InChI is InChI=1S/3C10H8N2.Cu.2F6P/c3*1-3-7-11-9(5-1)10-6-2-4-8-12-10;;2*1-7(2,3,4,5)6/h3*1-8H;;;/q;;;+2;2*-1. The Labute approximate surface area is 293 Å². The minimum Gasteiger partial charge on any atom is -0.255 e. The summed E-state index contributed by atoms with van der Waals surface area (Å²) in [5.74, 6) is 0. The van der Waals surface area contributed by atoms with Crippen LogP contribution in [0.15, 0.2) is 146 Å². The molecule has 0 aliphatic rings. The maximum absolute atomic E-state index is 10.7. The molecule has 1 radical (unpaired) electrons. The van der Waals surface area contributed by atoms with Crippen molar-refractivity contribution in [2.75, 3.05) is 0 Å². The molecule has 0 unspecified atom stereocenters. The molecule has 0 N–H and O–H groups in total. The summed E-state index contributed by atoms with van der Waals surface area (Å²) in [5, 5.41) is 0. The van der Waals surface area contributed by atoms with E-state index in [0.29, 0.717) is 0 Å². The quantitative estimate of drug-likeness (QED) is 0.101. The zero-order chi connectivity index (χ0) is 37.5. The van der Waals surface area contributed by atoms with Crippen LogP contribution in [0.2, 0.25) is 0 Å². The van der Waals surface area contributed by atoms with Crippen molar-refractivity contribution in [2.45, 2.75) is 0 Å². The van der Waals surface area contributed by atoms with Crippen LogP contribution in [-0.4, -0.2) is 29.9 Å². The van der Waals surface area contributed by atoms with Gasteiger partial charge in [0.25, 0.3) is 0 Å². The average molecular weight is 822 g/mol. The Kier molecular flexibility index (Phi) is 14.5. The minimum atomic E-state index is -10.7. The van der Waals surface area contributed by atoms with E-state index in [4.69, 9.17) is 0 Å². The molecule has 279 valence electrons. The van der Waals surface area contributed by atoms with Gasteiger partial charge in [-0.15, -0.1) is 0 Å². The first-order valence-electron chi connectivity index (χ1n) is 13.4. The van der Waals surface area contributed by atoms with E-state index in [9.17, 15) is 50.4 Å². The summed E-state index contributed by atoms with van der Waals surface area (Å²) in [7, 11) is -21.3. The molecule has 0 atom stereocenters. The van der Waals surface area contributed by atoms with Gasteiger partial charge in [0.15, 0.2) is 0 Å². The number of nitrogens with zero attached hydrogens (tertiary/aromatic N) is 6. The molecule has 0 saturated carbocycles. The van der Waals surface area contributed by atoms with Crippen molar-refractivity contribution in [3.05, 3.63) is 146 Å². The van der Waals surface area contributed by atoms with Gasteiger partial charge in [0.1, 0.15) is 0 Å². The number of pyridine rings is 6. The van der Waals surface area contributed by atoms with Crippen molar-refractivity contribution in [1.29, 1.82) is 0 Å². The molecule has 6 aromatic heterocycles. The molecule has 0 amide bonds. The first-order chi connectivity index (χ1) is 22.8. The third-order valence-electron chi connectivity index (χ3n) is 4.78. The summed E-state index contributed by atoms with van der Waals surface area (Å²) < 4.78 is 118. The van der Waals surface area contributed by atoms with Crippen molar-refractivity contribution in [2.24, 2.45) is 0 Å². The van der Waals surface area contributed by atoms with Crippen LogP contribution in [0.3, 0.4) is 0 Å². The van der Waals surface area contributed by atoms with Gasteiger partial charge < -0.3 is 0 Å². The van der Waals surface area contributed by atoms with E-state index in [1.165, 1.54) is 0 Å². The first kappa shape index (κ1) is 44.5. The Morgan fingerprint density at radius 1 is 0.255 bits per heavy atom. The van der Waals surface area contributed by atoms with Gasteiger partial charge >= 0.3 is 83.0 Å². The van der Waals surface area contributed by atoms with Crippen LogP contribution >= 0.6 is 15.6 Å². The van der Waals surface area contributed by atoms with Crippen LogP contribution in [-0.2, 0) is 17.1 Å². The molecule has 0 bridgehead atoms. The molecule has 6 nitrogen and oxygen atoms in total. The largest absolute Gasteiger partial charge is 2.00 e. The predicted molar refractivity (Wildman–Crippen MR) is 170 cm³/mol. The van der Waals surface area contributed by atoms with Gasteiger partial charge in [0, 0.05) is 37.2 Å². The fraction of sp³-hybridized carbons (Fsp3) is 0. The molecule has 0 aliphatic heterocycles. The second-order valence-electron chi connectivity index (χ2n) is 9.21. The number of halogens is 12. The summed E-state index contributed by atoms with van der Waals surface area (Å²) in [5.41, 5.74) is 5.49. The maximum Gasteiger partial charge on any atom is 2.00 e. The summed E-state index contributed by atoms with van der Waals surface area (Å²) in [4.78, 5) is 25.1. The Hall–Kier alpha value is -4.56. The second-order valence-corrected chi connectivity index (χ2v) is 13.0. The third kappa shape index (κ3) is 27.9. The Balaban J connectivity index is 0.000000325. The van der Waals surface area contributed by atoms with Gasteiger partial charge in [-0.2, -0.15) is 0 Å². The SMILES string of the molecule is F[P-](F)(F)(F)(F)F.F[P-](F)(F)(F)(F)F.[Cu+2].c1ccc(-c2ccccn2)nc1.c1ccc(-c2ccccn2)nc1.c1ccc(-c2ccccn2)nc1. The Morgan fingerprint density at radius 2 is 0.373 bits per heavy atom. The topological polar surface area (TPSA) is 77.3 Å². The summed E-state index contributed by atoms with van der Waals surface area (Å²) >= 11 is 0. The molecular formula is C30H24CuF12N6P2. The van der Waals surface area contributed by atoms with Gasteiger partial charge in [-0.3, -0.25) is 29.9 Å². The van der Waals surface area contributed by atoms with Crippen molar-refractivity contribution in [1.82, 2.24) is 29.9 Å². The summed E-state index contributed by atoms with van der Waals surface area (Å²) in [6.07, 6.45) is 10.6. The van der Waals surface area contributed by atoms with Gasteiger partial charge in [0.2, 0.25) is 0 Å². The van der Waals surface area contributed by atoms with Crippen molar-refractivity contribution >= 4 is 15.6 Å².